The average Bonchev–Trinajstić information content (AvgIpc) is 2.67. The fraction of sp³-hybridized carbons (Fsp3) is 0.429. The quantitative estimate of drug-likeness (QED) is 0.381. The monoisotopic (exact) mass is 440 g/mol. The van der Waals surface area contributed by atoms with E-state index < -0.39 is 26.3 Å². The van der Waals surface area contributed by atoms with Gasteiger partial charge in [0.1, 0.15) is 6.10 Å². The number of benzene rings is 2. The summed E-state index contributed by atoms with van der Waals surface area (Å²) in [5.41, 5.74) is 1.85. The Kier molecular flexibility index (Phi) is 8.39. The molecule has 0 aliphatic carbocycles. The largest absolute Gasteiger partial charge is 0.297 e. The van der Waals surface area contributed by atoms with Gasteiger partial charge in [0.15, 0.2) is 0 Å². The van der Waals surface area contributed by atoms with Crippen LogP contribution in [0.3, 0.4) is 0 Å². The zero-order chi connectivity index (χ0) is 21.5. The molecule has 0 saturated heterocycles. The van der Waals surface area contributed by atoms with E-state index in [2.05, 4.69) is 0 Å². The van der Waals surface area contributed by atoms with Crippen molar-refractivity contribution >= 4 is 20.2 Å². The van der Waals surface area contributed by atoms with Crippen molar-refractivity contribution in [1.82, 2.24) is 0 Å². The van der Waals surface area contributed by atoms with Crippen LogP contribution in [0.15, 0.2) is 58.3 Å². The summed E-state index contributed by atoms with van der Waals surface area (Å²) in [5.74, 6) is 0. The van der Waals surface area contributed by atoms with Crippen molar-refractivity contribution in [3.05, 3.63) is 59.7 Å². The molecule has 0 spiro atoms. The number of rotatable bonds is 11. The molecule has 8 heteroatoms. The smallest absolute Gasteiger partial charge is 0.264 e. The zero-order valence-corrected chi connectivity index (χ0v) is 18.6. The van der Waals surface area contributed by atoms with Crippen molar-refractivity contribution in [2.75, 3.05) is 6.61 Å². The SMILES string of the molecule is CCCCCC(COS(=O)(=O)c1ccc(C)cc1)OS(=O)(=O)c1ccc(C)cc1. The standard InChI is InChI=1S/C21H28O6S2/c1-4-5-6-7-19(27-29(24,25)21-14-10-18(3)11-15-21)16-26-28(22,23)20-12-8-17(2)9-13-20/h8-15,19H,4-7,16H2,1-3H3. The summed E-state index contributed by atoms with van der Waals surface area (Å²) in [5, 5.41) is 0. The lowest BCUT2D eigenvalue weighted by Crippen LogP contribution is -2.25. The van der Waals surface area contributed by atoms with Crippen LogP contribution in [0, 0.1) is 13.8 Å². The lowest BCUT2D eigenvalue weighted by Gasteiger charge is -2.18. The van der Waals surface area contributed by atoms with Gasteiger partial charge < -0.3 is 0 Å². The fourth-order valence-corrected chi connectivity index (χ4v) is 4.69. The van der Waals surface area contributed by atoms with Crippen molar-refractivity contribution in [1.29, 1.82) is 0 Å². The Labute approximate surface area is 174 Å². The van der Waals surface area contributed by atoms with E-state index in [4.69, 9.17) is 8.37 Å². The number of aryl methyl sites for hydroxylation is 2. The molecule has 0 saturated carbocycles. The normalized spacial score (nSPS) is 13.3. The Morgan fingerprint density at radius 1 is 0.759 bits per heavy atom. The summed E-state index contributed by atoms with van der Waals surface area (Å²) in [7, 11) is -8.03. The van der Waals surface area contributed by atoms with E-state index >= 15 is 0 Å². The molecular formula is C21H28O6S2. The molecule has 6 nitrogen and oxygen atoms in total. The van der Waals surface area contributed by atoms with Gasteiger partial charge in [-0.2, -0.15) is 16.8 Å². The first-order valence-corrected chi connectivity index (χ1v) is 12.4. The lowest BCUT2D eigenvalue weighted by atomic mass is 10.1. The van der Waals surface area contributed by atoms with Gasteiger partial charge in [-0.1, -0.05) is 61.6 Å². The first kappa shape index (κ1) is 23.5. The minimum Gasteiger partial charge on any atom is -0.264 e. The molecule has 0 aromatic heterocycles. The minimum absolute atomic E-state index is 0.0248. The van der Waals surface area contributed by atoms with E-state index in [0.717, 1.165) is 24.0 Å². The highest BCUT2D eigenvalue weighted by Crippen LogP contribution is 2.20. The van der Waals surface area contributed by atoms with Crippen molar-refractivity contribution in [3.63, 3.8) is 0 Å². The van der Waals surface area contributed by atoms with Gasteiger partial charge >= 0.3 is 0 Å². The van der Waals surface area contributed by atoms with Crippen LogP contribution in [0.25, 0.3) is 0 Å². The van der Waals surface area contributed by atoms with Crippen molar-refractivity contribution < 1.29 is 25.2 Å². The minimum atomic E-state index is -4.03. The molecule has 1 atom stereocenters. The second-order valence-electron chi connectivity index (χ2n) is 7.03. The highest BCUT2D eigenvalue weighted by molar-refractivity contribution is 7.87. The number of unbranched alkanes of at least 4 members (excludes halogenated alkanes) is 2. The van der Waals surface area contributed by atoms with Gasteiger partial charge in [0.2, 0.25) is 0 Å². The molecule has 0 aliphatic rings. The summed E-state index contributed by atoms with van der Waals surface area (Å²) in [6, 6.07) is 12.6. The highest BCUT2D eigenvalue weighted by atomic mass is 32.2. The second kappa shape index (κ2) is 10.3. The molecule has 0 aliphatic heterocycles. The number of hydrogen-bond donors (Lipinski definition) is 0. The third kappa shape index (κ3) is 7.22. The summed E-state index contributed by atoms with van der Waals surface area (Å²) in [6.07, 6.45) is 2.02. The van der Waals surface area contributed by atoms with Gasteiger partial charge in [-0.25, -0.2) is 0 Å². The van der Waals surface area contributed by atoms with E-state index in [0.29, 0.717) is 12.8 Å². The van der Waals surface area contributed by atoms with E-state index in [1.165, 1.54) is 24.3 Å². The van der Waals surface area contributed by atoms with Crippen LogP contribution in [-0.2, 0) is 28.6 Å². The molecule has 2 aromatic carbocycles. The maximum absolute atomic E-state index is 12.6. The Hall–Kier alpha value is -1.74. The molecule has 0 radical (unpaired) electrons. The fourth-order valence-electron chi connectivity index (χ4n) is 2.66. The van der Waals surface area contributed by atoms with Crippen LogP contribution in [0.2, 0.25) is 0 Å². The Morgan fingerprint density at radius 2 is 1.24 bits per heavy atom. The molecule has 160 valence electrons. The Morgan fingerprint density at radius 3 is 1.72 bits per heavy atom. The van der Waals surface area contributed by atoms with Gasteiger partial charge in [0.25, 0.3) is 20.2 Å². The maximum Gasteiger partial charge on any atom is 0.297 e. The van der Waals surface area contributed by atoms with Crippen molar-refractivity contribution in [2.24, 2.45) is 0 Å². The predicted molar refractivity (Wildman–Crippen MR) is 112 cm³/mol. The summed E-state index contributed by atoms with van der Waals surface area (Å²) < 4.78 is 60.5. The van der Waals surface area contributed by atoms with Gasteiger partial charge in [-0.15, -0.1) is 0 Å². The van der Waals surface area contributed by atoms with Crippen LogP contribution in [-0.4, -0.2) is 29.5 Å². The molecule has 2 rings (SSSR count). The predicted octanol–water partition coefficient (Wildman–Crippen LogP) is 4.36. The van der Waals surface area contributed by atoms with Crippen LogP contribution in [0.1, 0.15) is 43.7 Å². The number of hydrogen-bond acceptors (Lipinski definition) is 6. The molecule has 0 amide bonds. The maximum atomic E-state index is 12.6. The third-order valence-electron chi connectivity index (χ3n) is 4.42. The van der Waals surface area contributed by atoms with Crippen LogP contribution < -0.4 is 0 Å². The van der Waals surface area contributed by atoms with Crippen LogP contribution in [0.4, 0.5) is 0 Å². The summed E-state index contributed by atoms with van der Waals surface area (Å²) in [6.45, 7) is 5.36. The van der Waals surface area contributed by atoms with Gasteiger partial charge in [-0.3, -0.25) is 8.37 Å². The molecule has 0 heterocycles. The van der Waals surface area contributed by atoms with Crippen molar-refractivity contribution in [2.45, 2.75) is 62.3 Å². The Bertz CT molecular complexity index is 978. The van der Waals surface area contributed by atoms with Crippen LogP contribution in [0.5, 0.6) is 0 Å². The van der Waals surface area contributed by atoms with E-state index in [-0.39, 0.29) is 16.4 Å². The highest BCUT2D eigenvalue weighted by Gasteiger charge is 2.25. The molecule has 1 unspecified atom stereocenters. The van der Waals surface area contributed by atoms with E-state index in [1.807, 2.05) is 20.8 Å². The molecule has 2 aromatic rings. The molecular weight excluding hydrogens is 412 g/mol. The molecule has 0 N–H and O–H groups in total. The van der Waals surface area contributed by atoms with Crippen LogP contribution >= 0.6 is 0 Å². The lowest BCUT2D eigenvalue weighted by molar-refractivity contribution is 0.127. The first-order valence-electron chi connectivity index (χ1n) is 9.60. The topological polar surface area (TPSA) is 86.7 Å². The van der Waals surface area contributed by atoms with Crippen molar-refractivity contribution in [3.8, 4) is 0 Å². The second-order valence-corrected chi connectivity index (χ2v) is 10.2. The summed E-state index contributed by atoms with van der Waals surface area (Å²) in [4.78, 5) is 0.0572. The van der Waals surface area contributed by atoms with Gasteiger partial charge in [0, 0.05) is 0 Å². The average molecular weight is 441 g/mol. The summed E-state index contributed by atoms with van der Waals surface area (Å²) >= 11 is 0. The third-order valence-corrected chi connectivity index (χ3v) is 7.09. The van der Waals surface area contributed by atoms with Gasteiger partial charge in [-0.05, 0) is 44.5 Å². The van der Waals surface area contributed by atoms with E-state index in [1.54, 1.807) is 24.3 Å². The molecule has 29 heavy (non-hydrogen) atoms. The van der Waals surface area contributed by atoms with E-state index in [9.17, 15) is 16.8 Å². The Balaban J connectivity index is 2.12. The first-order chi connectivity index (χ1) is 13.6. The zero-order valence-electron chi connectivity index (χ0n) is 17.0. The molecule has 0 fully saturated rings. The molecule has 0 bridgehead atoms. The van der Waals surface area contributed by atoms with Gasteiger partial charge in [0.05, 0.1) is 16.4 Å².